The Morgan fingerprint density at radius 1 is 1.19 bits per heavy atom. The summed E-state index contributed by atoms with van der Waals surface area (Å²) in [4.78, 5) is 30.3. The lowest BCUT2D eigenvalue weighted by Gasteiger charge is -2.07. The first-order chi connectivity index (χ1) is 9.92. The van der Waals surface area contributed by atoms with Crippen molar-refractivity contribution >= 4 is 30.1 Å². The molecule has 0 unspecified atom stereocenters. The molecular weight excluding hydrogens is 315 g/mol. The van der Waals surface area contributed by atoms with Crippen molar-refractivity contribution in [1.82, 2.24) is 0 Å². The molecule has 2 aromatic heterocycles. The van der Waals surface area contributed by atoms with Gasteiger partial charge < -0.3 is 8.94 Å². The molecule has 3 rings (SSSR count). The summed E-state index contributed by atoms with van der Waals surface area (Å²) in [5, 5.41) is 2.49. The Morgan fingerprint density at radius 3 is 2.67 bits per heavy atom. The van der Waals surface area contributed by atoms with E-state index in [1.54, 1.807) is 12.1 Å². The third kappa shape index (κ3) is 3.06. The predicted octanol–water partition coefficient (Wildman–Crippen LogP) is 2.99. The second-order valence-electron chi connectivity index (χ2n) is 4.21. The van der Waals surface area contributed by atoms with E-state index < -0.39 is 13.4 Å². The van der Waals surface area contributed by atoms with Crippen LogP contribution in [0.2, 0.25) is 0 Å². The van der Waals surface area contributed by atoms with Crippen LogP contribution in [0.25, 0.3) is 21.4 Å². The van der Waals surface area contributed by atoms with Crippen molar-refractivity contribution in [3.8, 4) is 16.2 Å². The van der Waals surface area contributed by atoms with Gasteiger partial charge in [0.2, 0.25) is 0 Å². The minimum Gasteiger partial charge on any atom is -0.422 e. The molecular formula is C13H9O6PS. The molecule has 0 bridgehead atoms. The van der Waals surface area contributed by atoms with Gasteiger partial charge in [-0.25, -0.2) is 9.36 Å². The molecule has 0 aliphatic heterocycles. The molecule has 1 aromatic carbocycles. The molecule has 0 amide bonds. The summed E-state index contributed by atoms with van der Waals surface area (Å²) in [5.41, 5.74) is 0.130. The molecule has 0 aliphatic carbocycles. The van der Waals surface area contributed by atoms with Gasteiger partial charge in [0.25, 0.3) is 0 Å². The lowest BCUT2D eigenvalue weighted by Crippen LogP contribution is -2.01. The van der Waals surface area contributed by atoms with Crippen molar-refractivity contribution in [2.24, 2.45) is 0 Å². The van der Waals surface area contributed by atoms with Crippen LogP contribution in [0.4, 0.5) is 0 Å². The van der Waals surface area contributed by atoms with Gasteiger partial charge in [0.05, 0.1) is 5.56 Å². The number of rotatable bonds is 3. The molecule has 108 valence electrons. The van der Waals surface area contributed by atoms with Gasteiger partial charge in [-0.2, -0.15) is 0 Å². The van der Waals surface area contributed by atoms with Gasteiger partial charge in [0.1, 0.15) is 11.3 Å². The fourth-order valence-corrected chi connectivity index (χ4v) is 3.01. The predicted molar refractivity (Wildman–Crippen MR) is 78.5 cm³/mol. The Morgan fingerprint density at radius 2 is 2.00 bits per heavy atom. The summed E-state index contributed by atoms with van der Waals surface area (Å²) < 4.78 is 20.4. The van der Waals surface area contributed by atoms with Gasteiger partial charge in [-0.1, -0.05) is 6.07 Å². The molecule has 2 N–H and O–H groups in total. The molecule has 0 radical (unpaired) electrons. The maximum Gasteiger partial charge on any atom is 0.524 e. The van der Waals surface area contributed by atoms with Crippen molar-refractivity contribution in [2.45, 2.75) is 0 Å². The standard InChI is InChI=1S/C13H9O6PS/c14-13-10(12-2-1-5-21-12)6-8-3-4-9(7-11(8)18-13)19-20(15,16)17/h1-7H,(H2,15,16,17). The molecule has 0 saturated heterocycles. The molecule has 0 aliphatic rings. The average Bonchev–Trinajstić information content (AvgIpc) is 2.89. The minimum absolute atomic E-state index is 0.0668. The number of benzene rings is 1. The quantitative estimate of drug-likeness (QED) is 0.568. The number of thiophene rings is 1. The van der Waals surface area contributed by atoms with Crippen LogP contribution in [0.3, 0.4) is 0 Å². The summed E-state index contributed by atoms with van der Waals surface area (Å²) in [6.45, 7) is 0. The van der Waals surface area contributed by atoms with Gasteiger partial charge in [-0.05, 0) is 29.6 Å². The van der Waals surface area contributed by atoms with E-state index >= 15 is 0 Å². The van der Waals surface area contributed by atoms with E-state index in [0.717, 1.165) is 4.88 Å². The van der Waals surface area contributed by atoms with Crippen LogP contribution in [0, 0.1) is 0 Å². The summed E-state index contributed by atoms with van der Waals surface area (Å²) in [5.74, 6) is -0.0668. The maximum atomic E-state index is 12.0. The molecule has 6 nitrogen and oxygen atoms in total. The fraction of sp³-hybridized carbons (Fsp3) is 0. The molecule has 3 aromatic rings. The fourth-order valence-electron chi connectivity index (χ4n) is 1.89. The number of hydrogen-bond donors (Lipinski definition) is 2. The van der Waals surface area contributed by atoms with Crippen molar-refractivity contribution in [2.75, 3.05) is 0 Å². The Labute approximate surface area is 122 Å². The van der Waals surface area contributed by atoms with Crippen LogP contribution in [-0.2, 0) is 4.57 Å². The van der Waals surface area contributed by atoms with Gasteiger partial charge >= 0.3 is 13.4 Å². The van der Waals surface area contributed by atoms with E-state index in [4.69, 9.17) is 14.2 Å². The molecule has 0 fully saturated rings. The zero-order valence-electron chi connectivity index (χ0n) is 10.4. The SMILES string of the molecule is O=c1oc2cc(OP(=O)(O)O)ccc2cc1-c1cccs1. The largest absolute Gasteiger partial charge is 0.524 e. The Bertz CT molecular complexity index is 893. The maximum absolute atomic E-state index is 12.0. The van der Waals surface area contributed by atoms with E-state index in [1.165, 1.54) is 23.5 Å². The lowest BCUT2D eigenvalue weighted by molar-refractivity contribution is 0.283. The normalized spacial score (nSPS) is 11.7. The molecule has 8 heteroatoms. The first-order valence-electron chi connectivity index (χ1n) is 5.79. The lowest BCUT2D eigenvalue weighted by atomic mass is 10.1. The highest BCUT2D eigenvalue weighted by Gasteiger charge is 2.17. The zero-order valence-corrected chi connectivity index (χ0v) is 12.1. The van der Waals surface area contributed by atoms with Gasteiger partial charge in [-0.3, -0.25) is 9.79 Å². The van der Waals surface area contributed by atoms with Gasteiger partial charge in [0, 0.05) is 16.3 Å². The van der Waals surface area contributed by atoms with Crippen molar-refractivity contribution < 1.29 is 23.3 Å². The van der Waals surface area contributed by atoms with Gasteiger partial charge in [0.15, 0.2) is 0 Å². The third-order valence-electron chi connectivity index (χ3n) is 2.72. The molecule has 0 saturated carbocycles. The number of phosphoric ester groups is 1. The smallest absolute Gasteiger partial charge is 0.422 e. The number of phosphoric acid groups is 1. The van der Waals surface area contributed by atoms with E-state index in [-0.39, 0.29) is 11.3 Å². The van der Waals surface area contributed by atoms with Crippen LogP contribution < -0.4 is 10.1 Å². The topological polar surface area (TPSA) is 97.0 Å². The molecule has 2 heterocycles. The van der Waals surface area contributed by atoms with Crippen LogP contribution in [0.15, 0.2) is 51.0 Å². The summed E-state index contributed by atoms with van der Waals surface area (Å²) in [7, 11) is -4.64. The first-order valence-corrected chi connectivity index (χ1v) is 8.20. The van der Waals surface area contributed by atoms with Crippen molar-refractivity contribution in [3.63, 3.8) is 0 Å². The van der Waals surface area contributed by atoms with Crippen molar-refractivity contribution in [3.05, 3.63) is 52.2 Å². The second-order valence-corrected chi connectivity index (χ2v) is 6.32. The third-order valence-corrected chi connectivity index (χ3v) is 4.07. The number of fused-ring (bicyclic) bond motifs is 1. The van der Waals surface area contributed by atoms with Crippen LogP contribution in [0.5, 0.6) is 5.75 Å². The van der Waals surface area contributed by atoms with Crippen LogP contribution in [0.1, 0.15) is 0 Å². The molecule has 21 heavy (non-hydrogen) atoms. The van der Waals surface area contributed by atoms with E-state index in [2.05, 4.69) is 4.52 Å². The Kier molecular flexibility index (Phi) is 3.43. The Balaban J connectivity index is 2.11. The van der Waals surface area contributed by atoms with Crippen LogP contribution >= 0.6 is 19.2 Å². The highest BCUT2D eigenvalue weighted by Crippen LogP contribution is 2.38. The second kappa shape index (κ2) is 5.13. The van der Waals surface area contributed by atoms with Crippen molar-refractivity contribution in [1.29, 1.82) is 0 Å². The highest BCUT2D eigenvalue weighted by atomic mass is 32.1. The van der Waals surface area contributed by atoms with E-state index in [0.29, 0.717) is 10.9 Å². The highest BCUT2D eigenvalue weighted by molar-refractivity contribution is 7.46. The minimum atomic E-state index is -4.64. The Hall–Kier alpha value is -1.92. The molecule has 0 spiro atoms. The van der Waals surface area contributed by atoms with E-state index in [9.17, 15) is 9.36 Å². The monoisotopic (exact) mass is 324 g/mol. The van der Waals surface area contributed by atoms with Crippen LogP contribution in [-0.4, -0.2) is 9.79 Å². The molecule has 0 atom stereocenters. The zero-order chi connectivity index (χ0) is 15.0. The van der Waals surface area contributed by atoms with Gasteiger partial charge in [-0.15, -0.1) is 11.3 Å². The first kappa shape index (κ1) is 14.0. The summed E-state index contributed by atoms with van der Waals surface area (Å²) >= 11 is 1.42. The summed E-state index contributed by atoms with van der Waals surface area (Å²) in [6, 6.07) is 9.57. The summed E-state index contributed by atoms with van der Waals surface area (Å²) in [6.07, 6.45) is 0. The average molecular weight is 324 g/mol. The van der Waals surface area contributed by atoms with E-state index in [1.807, 2.05) is 17.5 Å². The number of hydrogen-bond acceptors (Lipinski definition) is 5.